The van der Waals surface area contributed by atoms with Crippen LogP contribution in [0.3, 0.4) is 0 Å². The van der Waals surface area contributed by atoms with Gasteiger partial charge in [0.2, 0.25) is 10.0 Å². The van der Waals surface area contributed by atoms with Gasteiger partial charge >= 0.3 is 5.97 Å². The van der Waals surface area contributed by atoms with Gasteiger partial charge in [0, 0.05) is 25.3 Å². The van der Waals surface area contributed by atoms with E-state index in [1.54, 1.807) is 26.0 Å². The van der Waals surface area contributed by atoms with Crippen molar-refractivity contribution in [1.29, 1.82) is 0 Å². The Kier molecular flexibility index (Phi) is 7.75. The van der Waals surface area contributed by atoms with Gasteiger partial charge in [0.25, 0.3) is 5.91 Å². The lowest BCUT2D eigenvalue weighted by Gasteiger charge is -2.24. The summed E-state index contributed by atoms with van der Waals surface area (Å²) in [6.07, 6.45) is -1.03. The fourth-order valence-corrected chi connectivity index (χ4v) is 4.21. The number of amides is 1. The van der Waals surface area contributed by atoms with E-state index in [9.17, 15) is 18.0 Å². The molecule has 0 aromatic heterocycles. The van der Waals surface area contributed by atoms with Crippen LogP contribution in [0.25, 0.3) is 0 Å². The Morgan fingerprint density at radius 3 is 2.20 bits per heavy atom. The van der Waals surface area contributed by atoms with Gasteiger partial charge in [0.05, 0.1) is 10.5 Å². The van der Waals surface area contributed by atoms with Gasteiger partial charge in [-0.3, -0.25) is 4.79 Å². The molecule has 2 rings (SSSR count). The second-order valence-electron chi connectivity index (χ2n) is 7.11. The van der Waals surface area contributed by atoms with Crippen molar-refractivity contribution in [1.82, 2.24) is 4.31 Å². The number of esters is 1. The van der Waals surface area contributed by atoms with E-state index >= 15 is 0 Å². The van der Waals surface area contributed by atoms with Gasteiger partial charge in [-0.15, -0.1) is 0 Å². The zero-order chi connectivity index (χ0) is 22.5. The molecule has 0 aliphatic heterocycles. The average molecular weight is 433 g/mol. The highest BCUT2D eigenvalue weighted by Gasteiger charge is 2.27. The lowest BCUT2D eigenvalue weighted by Crippen LogP contribution is -2.40. The van der Waals surface area contributed by atoms with Gasteiger partial charge in [0.1, 0.15) is 0 Å². The van der Waals surface area contributed by atoms with Crippen molar-refractivity contribution in [2.24, 2.45) is 0 Å². The van der Waals surface area contributed by atoms with Crippen LogP contribution in [0.2, 0.25) is 0 Å². The Bertz CT molecular complexity index is 990. The minimum absolute atomic E-state index is 0.00778. The van der Waals surface area contributed by atoms with Crippen molar-refractivity contribution in [2.75, 3.05) is 18.5 Å². The number of carbonyl (C=O) groups is 2. The molecule has 7 nitrogen and oxygen atoms in total. The van der Waals surface area contributed by atoms with Crippen molar-refractivity contribution in [3.8, 4) is 0 Å². The third kappa shape index (κ3) is 5.25. The van der Waals surface area contributed by atoms with Crippen molar-refractivity contribution in [3.05, 3.63) is 60.2 Å². The number of nitrogens with zero attached hydrogens (tertiary/aromatic N) is 2. The number of hydrogen-bond donors (Lipinski definition) is 0. The molecule has 2 aromatic rings. The van der Waals surface area contributed by atoms with E-state index in [1.807, 2.05) is 25.1 Å². The highest BCUT2D eigenvalue weighted by Crippen LogP contribution is 2.20. The number of rotatable bonds is 8. The molecule has 1 unspecified atom stereocenters. The number of likely N-dealkylation sites (N-methyl/N-ethyl adjacent to an activating group) is 1. The minimum atomic E-state index is -3.74. The molecule has 0 N–H and O–H groups in total. The van der Waals surface area contributed by atoms with E-state index in [0.717, 1.165) is 0 Å². The van der Waals surface area contributed by atoms with E-state index in [0.29, 0.717) is 12.2 Å². The summed E-state index contributed by atoms with van der Waals surface area (Å²) in [6.45, 7) is 7.27. The second kappa shape index (κ2) is 9.86. The predicted octanol–water partition coefficient (Wildman–Crippen LogP) is 3.31. The summed E-state index contributed by atoms with van der Waals surface area (Å²) in [5.74, 6) is -1.12. The molecule has 0 aliphatic rings. The molecule has 0 heterocycles. The van der Waals surface area contributed by atoms with Gasteiger partial charge in [0.15, 0.2) is 6.10 Å². The van der Waals surface area contributed by atoms with Crippen molar-refractivity contribution >= 4 is 27.6 Å². The highest BCUT2D eigenvalue weighted by atomic mass is 32.2. The van der Waals surface area contributed by atoms with Crippen LogP contribution in [0.15, 0.2) is 59.5 Å². The molecule has 1 atom stereocenters. The van der Waals surface area contributed by atoms with Crippen LogP contribution < -0.4 is 4.90 Å². The number of sulfonamides is 1. The summed E-state index contributed by atoms with van der Waals surface area (Å²) in [4.78, 5) is 26.9. The quantitative estimate of drug-likeness (QED) is 0.598. The first-order chi connectivity index (χ1) is 14.1. The smallest absolute Gasteiger partial charge is 0.338 e. The molecule has 0 fully saturated rings. The fourth-order valence-electron chi connectivity index (χ4n) is 2.80. The van der Waals surface area contributed by atoms with E-state index in [4.69, 9.17) is 4.74 Å². The topological polar surface area (TPSA) is 84.0 Å². The van der Waals surface area contributed by atoms with Crippen LogP contribution in [-0.4, -0.2) is 50.3 Å². The first-order valence-corrected chi connectivity index (χ1v) is 11.2. The maximum Gasteiger partial charge on any atom is 0.338 e. The lowest BCUT2D eigenvalue weighted by molar-refractivity contribution is -0.126. The average Bonchev–Trinajstić information content (AvgIpc) is 2.74. The lowest BCUT2D eigenvalue weighted by atomic mass is 10.2. The Hall–Kier alpha value is -2.71. The third-order valence-corrected chi connectivity index (χ3v) is 6.79. The Morgan fingerprint density at radius 2 is 1.63 bits per heavy atom. The summed E-state index contributed by atoms with van der Waals surface area (Å²) < 4.78 is 31.9. The molecule has 1 amide bonds. The van der Waals surface area contributed by atoms with Gasteiger partial charge in [-0.05, 0) is 58.0 Å². The number of hydrogen-bond acceptors (Lipinski definition) is 5. The summed E-state index contributed by atoms with van der Waals surface area (Å²) >= 11 is 0. The zero-order valence-corrected chi connectivity index (χ0v) is 18.7. The van der Waals surface area contributed by atoms with E-state index in [-0.39, 0.29) is 22.4 Å². The maximum atomic E-state index is 12.8. The monoisotopic (exact) mass is 432 g/mol. The Morgan fingerprint density at radius 1 is 1.00 bits per heavy atom. The second-order valence-corrected chi connectivity index (χ2v) is 9.11. The number of para-hydroxylation sites is 1. The molecule has 0 radical (unpaired) electrons. The van der Waals surface area contributed by atoms with Crippen LogP contribution in [0.5, 0.6) is 0 Å². The molecule has 8 heteroatoms. The first-order valence-electron chi connectivity index (χ1n) is 9.75. The number of benzene rings is 2. The van der Waals surface area contributed by atoms with Crippen molar-refractivity contribution in [2.45, 2.75) is 44.7 Å². The summed E-state index contributed by atoms with van der Waals surface area (Å²) in [5, 5.41) is 0. The van der Waals surface area contributed by atoms with Gasteiger partial charge in [-0.2, -0.15) is 4.31 Å². The normalized spacial score (nSPS) is 12.6. The molecule has 0 saturated heterocycles. The minimum Gasteiger partial charge on any atom is -0.449 e. The zero-order valence-electron chi connectivity index (χ0n) is 17.9. The molecule has 2 aromatic carbocycles. The fraction of sp³-hybridized carbons (Fsp3) is 0.364. The molecule has 30 heavy (non-hydrogen) atoms. The van der Waals surface area contributed by atoms with E-state index < -0.39 is 22.1 Å². The summed E-state index contributed by atoms with van der Waals surface area (Å²) in [7, 11) is -2.26. The molecule has 0 bridgehead atoms. The standard InChI is InChI=1S/C22H28N2O5S/c1-6-24(19-12-8-7-9-13-19)21(25)17(4)29-22(26)18-11-10-14-20(15-18)30(27,28)23(5)16(2)3/h7-17H,6H2,1-5H3. The number of carbonyl (C=O) groups excluding carboxylic acids is 2. The van der Waals surface area contributed by atoms with Gasteiger partial charge < -0.3 is 9.64 Å². The summed E-state index contributed by atoms with van der Waals surface area (Å²) in [5.41, 5.74) is 0.772. The van der Waals surface area contributed by atoms with Crippen LogP contribution in [0, 0.1) is 0 Å². The predicted molar refractivity (Wildman–Crippen MR) is 116 cm³/mol. The Balaban J connectivity index is 2.19. The SMILES string of the molecule is CCN(C(=O)C(C)OC(=O)c1cccc(S(=O)(=O)N(C)C(C)C)c1)c1ccccc1. The Labute approximate surface area is 178 Å². The van der Waals surface area contributed by atoms with Crippen LogP contribution in [0.4, 0.5) is 5.69 Å². The van der Waals surface area contributed by atoms with Crippen LogP contribution >= 0.6 is 0 Å². The van der Waals surface area contributed by atoms with E-state index in [1.165, 1.54) is 47.4 Å². The largest absolute Gasteiger partial charge is 0.449 e. The summed E-state index contributed by atoms with van der Waals surface area (Å²) in [6, 6.07) is 14.5. The van der Waals surface area contributed by atoms with Gasteiger partial charge in [-0.1, -0.05) is 24.3 Å². The third-order valence-electron chi connectivity index (χ3n) is 4.76. The highest BCUT2D eigenvalue weighted by molar-refractivity contribution is 7.89. The molecule has 0 saturated carbocycles. The van der Waals surface area contributed by atoms with E-state index in [2.05, 4.69) is 0 Å². The first kappa shape index (κ1) is 23.6. The van der Waals surface area contributed by atoms with Crippen LogP contribution in [0.1, 0.15) is 38.1 Å². The van der Waals surface area contributed by atoms with Crippen molar-refractivity contribution < 1.29 is 22.7 Å². The van der Waals surface area contributed by atoms with Gasteiger partial charge in [-0.25, -0.2) is 13.2 Å². The number of ether oxygens (including phenoxy) is 1. The molecular weight excluding hydrogens is 404 g/mol. The number of anilines is 1. The molecular formula is C22H28N2O5S. The molecule has 0 spiro atoms. The van der Waals surface area contributed by atoms with Crippen molar-refractivity contribution in [3.63, 3.8) is 0 Å². The maximum absolute atomic E-state index is 12.8. The molecule has 162 valence electrons. The molecule has 0 aliphatic carbocycles. The van der Waals surface area contributed by atoms with Crippen LogP contribution in [-0.2, 0) is 19.6 Å².